The number of carboxylic acid groups (broad SMARTS) is 1. The van der Waals surface area contributed by atoms with E-state index in [1.165, 1.54) is 28.4 Å². The van der Waals surface area contributed by atoms with Crippen LogP contribution >= 0.6 is 46.7 Å². The molecule has 1 aromatic carbocycles. The summed E-state index contributed by atoms with van der Waals surface area (Å²) in [4.78, 5) is 25.2. The molecule has 0 bridgehead atoms. The van der Waals surface area contributed by atoms with Crippen LogP contribution in [0.3, 0.4) is 0 Å². The number of aliphatic carboxylic acids is 1. The summed E-state index contributed by atoms with van der Waals surface area (Å²) in [6.45, 7) is 0. The first kappa shape index (κ1) is 15.8. The Morgan fingerprint density at radius 3 is 2.90 bits per heavy atom. The summed E-state index contributed by atoms with van der Waals surface area (Å²) < 4.78 is 0. The number of hydrogen-bond donors (Lipinski definition) is 1. The van der Waals surface area contributed by atoms with Crippen molar-refractivity contribution in [2.24, 2.45) is 0 Å². The molecule has 108 valence electrons. The van der Waals surface area contributed by atoms with E-state index in [1.54, 1.807) is 18.2 Å². The van der Waals surface area contributed by atoms with Crippen LogP contribution in [0.4, 0.5) is 0 Å². The number of nitrogens with zero attached hydrogens (tertiary/aromatic N) is 1. The molecule has 0 aromatic heterocycles. The maximum Gasteiger partial charge on any atom is 0.327 e. The lowest BCUT2D eigenvalue weighted by Crippen LogP contribution is -2.42. The van der Waals surface area contributed by atoms with Crippen molar-refractivity contribution in [3.05, 3.63) is 28.2 Å². The number of benzene rings is 1. The van der Waals surface area contributed by atoms with Crippen molar-refractivity contribution >= 4 is 58.6 Å². The second-order valence-corrected chi connectivity index (χ2v) is 6.94. The van der Waals surface area contributed by atoms with E-state index in [1.807, 2.05) is 0 Å². The van der Waals surface area contributed by atoms with Crippen LogP contribution in [-0.4, -0.2) is 45.3 Å². The lowest BCUT2D eigenvalue weighted by molar-refractivity contribution is -0.146. The maximum atomic E-state index is 12.1. The second kappa shape index (κ2) is 6.93. The molecule has 1 aliphatic rings. The standard InChI is InChI=1S/C12H11Cl2NO3S2/c13-7-1-2-8(14)10(3-7)20-5-11(16)15-6-19-4-9(15)12(17)18/h1-3,9H,4-6H2,(H,17,18)/t9-/m0/s1. The molecule has 1 aliphatic heterocycles. The molecule has 2 rings (SSSR count). The van der Waals surface area contributed by atoms with Crippen LogP contribution in [0.5, 0.6) is 0 Å². The number of halogens is 2. The van der Waals surface area contributed by atoms with Crippen molar-refractivity contribution in [1.29, 1.82) is 0 Å². The fourth-order valence-corrected chi connectivity index (χ4v) is 4.25. The van der Waals surface area contributed by atoms with Gasteiger partial charge in [0.15, 0.2) is 0 Å². The third-order valence-corrected chi connectivity index (χ3v) is 5.46. The van der Waals surface area contributed by atoms with E-state index in [2.05, 4.69) is 0 Å². The number of hydrogen-bond acceptors (Lipinski definition) is 4. The van der Waals surface area contributed by atoms with Gasteiger partial charge in [-0.05, 0) is 18.2 Å². The SMILES string of the molecule is O=C(O)[C@@H]1CSCN1C(=O)CSc1cc(Cl)ccc1Cl. The first-order valence-corrected chi connectivity index (χ1v) is 8.56. The van der Waals surface area contributed by atoms with E-state index in [4.69, 9.17) is 28.3 Å². The number of rotatable bonds is 4. The third-order valence-electron chi connectivity index (χ3n) is 2.73. The molecule has 8 heteroatoms. The smallest absolute Gasteiger partial charge is 0.327 e. The zero-order chi connectivity index (χ0) is 14.7. The van der Waals surface area contributed by atoms with Gasteiger partial charge >= 0.3 is 5.97 Å². The topological polar surface area (TPSA) is 57.6 Å². The molecule has 1 amide bonds. The quantitative estimate of drug-likeness (QED) is 0.844. The minimum Gasteiger partial charge on any atom is -0.480 e. The van der Waals surface area contributed by atoms with Crippen LogP contribution in [0, 0.1) is 0 Å². The van der Waals surface area contributed by atoms with E-state index >= 15 is 0 Å². The largest absolute Gasteiger partial charge is 0.480 e. The molecule has 1 saturated heterocycles. The van der Waals surface area contributed by atoms with Gasteiger partial charge in [-0.3, -0.25) is 4.79 Å². The van der Waals surface area contributed by atoms with Gasteiger partial charge in [0.1, 0.15) is 6.04 Å². The molecule has 1 fully saturated rings. The highest BCUT2D eigenvalue weighted by Gasteiger charge is 2.34. The average molecular weight is 352 g/mol. The average Bonchev–Trinajstić information content (AvgIpc) is 2.89. The van der Waals surface area contributed by atoms with E-state index in [-0.39, 0.29) is 11.7 Å². The van der Waals surface area contributed by atoms with Crippen molar-refractivity contribution in [1.82, 2.24) is 4.90 Å². The third kappa shape index (κ3) is 3.75. The highest BCUT2D eigenvalue weighted by atomic mass is 35.5. The van der Waals surface area contributed by atoms with Gasteiger partial charge in [-0.1, -0.05) is 23.2 Å². The van der Waals surface area contributed by atoms with E-state index < -0.39 is 12.0 Å². The van der Waals surface area contributed by atoms with Gasteiger partial charge in [0.25, 0.3) is 0 Å². The van der Waals surface area contributed by atoms with E-state index in [0.717, 1.165) is 0 Å². The molecule has 1 atom stereocenters. The molecule has 0 radical (unpaired) electrons. The van der Waals surface area contributed by atoms with Gasteiger partial charge in [0.05, 0.1) is 16.7 Å². The Morgan fingerprint density at radius 1 is 1.45 bits per heavy atom. The van der Waals surface area contributed by atoms with E-state index in [9.17, 15) is 9.59 Å². The van der Waals surface area contributed by atoms with Crippen LogP contribution in [-0.2, 0) is 9.59 Å². The predicted molar refractivity (Wildman–Crippen MR) is 82.8 cm³/mol. The Bertz CT molecular complexity index is 541. The summed E-state index contributed by atoms with van der Waals surface area (Å²) in [7, 11) is 0. The number of amides is 1. The molecule has 0 saturated carbocycles. The molecule has 4 nitrogen and oxygen atoms in total. The summed E-state index contributed by atoms with van der Waals surface area (Å²) in [6, 6.07) is 4.30. The molecular weight excluding hydrogens is 341 g/mol. The summed E-state index contributed by atoms with van der Waals surface area (Å²) in [5, 5.41) is 10.1. The Balaban J connectivity index is 1.98. The lowest BCUT2D eigenvalue weighted by atomic mass is 10.3. The van der Waals surface area contributed by atoms with Crippen molar-refractivity contribution in [2.75, 3.05) is 17.4 Å². The first-order valence-electron chi connectivity index (χ1n) is 5.67. The summed E-state index contributed by atoms with van der Waals surface area (Å²) >= 11 is 14.6. The van der Waals surface area contributed by atoms with Crippen molar-refractivity contribution in [2.45, 2.75) is 10.9 Å². The Labute approximate surface area is 134 Å². The molecule has 0 aliphatic carbocycles. The zero-order valence-corrected chi connectivity index (χ0v) is 13.4. The minimum absolute atomic E-state index is 0.143. The van der Waals surface area contributed by atoms with Crippen LogP contribution in [0.1, 0.15) is 0 Å². The summed E-state index contributed by atoms with van der Waals surface area (Å²) in [5.74, 6) is -0.175. The van der Waals surface area contributed by atoms with Crippen LogP contribution in [0.25, 0.3) is 0 Å². The Kier molecular flexibility index (Phi) is 5.49. The highest BCUT2D eigenvalue weighted by molar-refractivity contribution is 8.00. The molecule has 1 aromatic rings. The lowest BCUT2D eigenvalue weighted by Gasteiger charge is -2.20. The number of carbonyl (C=O) groups is 2. The van der Waals surface area contributed by atoms with Gasteiger partial charge < -0.3 is 10.0 Å². The fourth-order valence-electron chi connectivity index (χ4n) is 1.70. The molecule has 0 unspecified atom stereocenters. The molecule has 1 heterocycles. The first-order chi connectivity index (χ1) is 9.49. The Morgan fingerprint density at radius 2 is 2.20 bits per heavy atom. The van der Waals surface area contributed by atoms with E-state index in [0.29, 0.717) is 26.6 Å². The van der Waals surface area contributed by atoms with Crippen molar-refractivity contribution in [3.63, 3.8) is 0 Å². The van der Waals surface area contributed by atoms with Gasteiger partial charge in [0.2, 0.25) is 5.91 Å². The molecular formula is C12H11Cl2NO3S2. The second-order valence-electron chi connectivity index (χ2n) is 4.08. The monoisotopic (exact) mass is 351 g/mol. The van der Waals surface area contributed by atoms with Gasteiger partial charge in [0, 0.05) is 15.7 Å². The molecule has 0 spiro atoms. The fraction of sp³-hybridized carbons (Fsp3) is 0.333. The molecule has 20 heavy (non-hydrogen) atoms. The van der Waals surface area contributed by atoms with Crippen LogP contribution in [0.15, 0.2) is 23.1 Å². The van der Waals surface area contributed by atoms with Crippen LogP contribution < -0.4 is 0 Å². The van der Waals surface area contributed by atoms with Crippen molar-refractivity contribution in [3.8, 4) is 0 Å². The summed E-state index contributed by atoms with van der Waals surface area (Å²) in [5.41, 5.74) is 0. The van der Waals surface area contributed by atoms with Gasteiger partial charge in [-0.25, -0.2) is 4.79 Å². The maximum absolute atomic E-state index is 12.1. The number of thioether (sulfide) groups is 2. The minimum atomic E-state index is -0.964. The van der Waals surface area contributed by atoms with Gasteiger partial charge in [-0.2, -0.15) is 0 Å². The zero-order valence-electron chi connectivity index (χ0n) is 10.2. The normalized spacial score (nSPS) is 18.3. The highest BCUT2D eigenvalue weighted by Crippen LogP contribution is 2.31. The Hall–Kier alpha value is -0.560. The summed E-state index contributed by atoms with van der Waals surface area (Å²) in [6.07, 6.45) is 0. The molecule has 1 N–H and O–H groups in total. The number of carbonyl (C=O) groups excluding carboxylic acids is 1. The van der Waals surface area contributed by atoms with Crippen LogP contribution in [0.2, 0.25) is 10.0 Å². The predicted octanol–water partition coefficient (Wildman–Crippen LogP) is 3.07. The van der Waals surface area contributed by atoms with Crippen molar-refractivity contribution < 1.29 is 14.7 Å². The van der Waals surface area contributed by atoms with Gasteiger partial charge in [-0.15, -0.1) is 23.5 Å². The number of carboxylic acids is 1.